The van der Waals surface area contributed by atoms with Crippen molar-refractivity contribution < 1.29 is 0 Å². The monoisotopic (exact) mass is 305 g/mol. The van der Waals surface area contributed by atoms with Crippen LogP contribution in [0.4, 0.5) is 0 Å². The molecule has 0 atom stereocenters. The molecule has 106 valence electrons. The number of pyridine rings is 2. The first-order valence-electron chi connectivity index (χ1n) is 6.95. The van der Waals surface area contributed by atoms with E-state index in [9.17, 15) is 0 Å². The summed E-state index contributed by atoms with van der Waals surface area (Å²) in [6.45, 7) is 0. The molecule has 0 fully saturated rings. The van der Waals surface area contributed by atoms with Crippen LogP contribution in [0.1, 0.15) is 0 Å². The number of benzene rings is 1. The number of aromatic nitrogens is 3. The molecule has 0 aliphatic heterocycles. The molecule has 0 amide bonds. The van der Waals surface area contributed by atoms with Crippen LogP contribution < -0.4 is 0 Å². The quantitative estimate of drug-likeness (QED) is 0.535. The van der Waals surface area contributed by atoms with E-state index in [2.05, 4.69) is 20.6 Å². The predicted octanol–water partition coefficient (Wildman–Crippen LogP) is 4.74. The fraction of sp³-hybridized carbons (Fsp3) is 0. The van der Waals surface area contributed by atoms with Crippen LogP contribution in [0, 0.1) is 0 Å². The lowest BCUT2D eigenvalue weighted by Crippen LogP contribution is -1.96. The van der Waals surface area contributed by atoms with Gasteiger partial charge in [0.15, 0.2) is 0 Å². The highest BCUT2D eigenvalue weighted by Crippen LogP contribution is 2.31. The average molecular weight is 306 g/mol. The molecule has 4 aromatic rings. The molecule has 1 aromatic carbocycles. The highest BCUT2D eigenvalue weighted by Gasteiger charge is 2.12. The Morgan fingerprint density at radius 3 is 2.32 bits per heavy atom. The minimum absolute atomic E-state index is 0.726. The largest absolute Gasteiger partial charge is 0.308 e. The summed E-state index contributed by atoms with van der Waals surface area (Å²) < 4.78 is 2.19. The lowest BCUT2D eigenvalue weighted by atomic mass is 10.2. The minimum Gasteiger partial charge on any atom is -0.308 e. The molecule has 22 heavy (non-hydrogen) atoms. The lowest BCUT2D eigenvalue weighted by molar-refractivity contribution is 1.12. The van der Waals surface area contributed by atoms with Gasteiger partial charge in [-0.1, -0.05) is 11.6 Å². The molecule has 0 bridgehead atoms. The average Bonchev–Trinajstić information content (AvgIpc) is 2.96. The van der Waals surface area contributed by atoms with E-state index in [0.29, 0.717) is 0 Å². The van der Waals surface area contributed by atoms with Crippen molar-refractivity contribution >= 4 is 22.5 Å². The van der Waals surface area contributed by atoms with Crippen LogP contribution in [0.25, 0.3) is 27.8 Å². The van der Waals surface area contributed by atoms with Gasteiger partial charge in [0.1, 0.15) is 0 Å². The molecule has 3 nitrogen and oxygen atoms in total. The standard InChI is InChI=1S/C18H12ClN3/c19-15-1-3-16(4-2-15)22-17(13-5-8-20-9-6-13)11-14-7-10-21-12-18(14)22/h1-12H. The summed E-state index contributed by atoms with van der Waals surface area (Å²) in [5.41, 5.74) is 4.34. The van der Waals surface area contributed by atoms with Crippen molar-refractivity contribution in [2.24, 2.45) is 0 Å². The molecule has 0 aliphatic rings. The molecule has 0 saturated carbocycles. The fourth-order valence-electron chi connectivity index (χ4n) is 2.65. The highest BCUT2D eigenvalue weighted by atomic mass is 35.5. The zero-order valence-electron chi connectivity index (χ0n) is 11.6. The number of nitrogens with zero attached hydrogens (tertiary/aromatic N) is 3. The van der Waals surface area contributed by atoms with Crippen LogP contribution in [0.3, 0.4) is 0 Å². The van der Waals surface area contributed by atoms with Gasteiger partial charge in [0.05, 0.1) is 17.4 Å². The molecule has 0 aliphatic carbocycles. The summed E-state index contributed by atoms with van der Waals surface area (Å²) in [6.07, 6.45) is 7.30. The van der Waals surface area contributed by atoms with E-state index >= 15 is 0 Å². The summed E-state index contributed by atoms with van der Waals surface area (Å²) in [4.78, 5) is 8.36. The van der Waals surface area contributed by atoms with E-state index in [4.69, 9.17) is 11.6 Å². The Kier molecular flexibility index (Phi) is 3.13. The van der Waals surface area contributed by atoms with Crippen LogP contribution in [-0.4, -0.2) is 14.5 Å². The molecule has 0 N–H and O–H groups in total. The molecular formula is C18H12ClN3. The van der Waals surface area contributed by atoms with Crippen molar-refractivity contribution in [3.63, 3.8) is 0 Å². The van der Waals surface area contributed by atoms with Gasteiger partial charge in [-0.3, -0.25) is 9.97 Å². The maximum absolute atomic E-state index is 6.02. The van der Waals surface area contributed by atoms with Crippen molar-refractivity contribution in [3.8, 4) is 16.9 Å². The highest BCUT2D eigenvalue weighted by molar-refractivity contribution is 6.30. The van der Waals surface area contributed by atoms with E-state index in [1.807, 2.05) is 54.9 Å². The van der Waals surface area contributed by atoms with Gasteiger partial charge >= 0.3 is 0 Å². The van der Waals surface area contributed by atoms with Gasteiger partial charge in [0.25, 0.3) is 0 Å². The Hall–Kier alpha value is -2.65. The van der Waals surface area contributed by atoms with Crippen LogP contribution in [-0.2, 0) is 0 Å². The Morgan fingerprint density at radius 1 is 0.818 bits per heavy atom. The second-order valence-corrected chi connectivity index (χ2v) is 5.45. The smallest absolute Gasteiger partial charge is 0.0718 e. The Labute approximate surface area is 132 Å². The molecule has 3 heterocycles. The second-order valence-electron chi connectivity index (χ2n) is 5.01. The van der Waals surface area contributed by atoms with Crippen LogP contribution >= 0.6 is 11.6 Å². The maximum Gasteiger partial charge on any atom is 0.0718 e. The Bertz CT molecular complexity index is 928. The first-order chi connectivity index (χ1) is 10.8. The molecule has 0 spiro atoms. The number of fused-ring (bicyclic) bond motifs is 1. The van der Waals surface area contributed by atoms with Crippen LogP contribution in [0.15, 0.2) is 73.3 Å². The Balaban J connectivity index is 2.04. The molecule has 4 rings (SSSR count). The molecule has 3 aromatic heterocycles. The molecule has 0 saturated heterocycles. The van der Waals surface area contributed by atoms with Gasteiger partial charge in [-0.25, -0.2) is 0 Å². The topological polar surface area (TPSA) is 30.7 Å². The molecular weight excluding hydrogens is 294 g/mol. The summed E-state index contributed by atoms with van der Waals surface area (Å²) in [7, 11) is 0. The third kappa shape index (κ3) is 2.16. The van der Waals surface area contributed by atoms with Crippen molar-refractivity contribution in [2.75, 3.05) is 0 Å². The van der Waals surface area contributed by atoms with Gasteiger partial charge < -0.3 is 4.57 Å². The Morgan fingerprint density at radius 2 is 1.55 bits per heavy atom. The van der Waals surface area contributed by atoms with Gasteiger partial charge in [0, 0.05) is 40.3 Å². The van der Waals surface area contributed by atoms with Gasteiger partial charge in [-0.2, -0.15) is 0 Å². The van der Waals surface area contributed by atoms with Gasteiger partial charge in [-0.15, -0.1) is 0 Å². The molecule has 0 unspecified atom stereocenters. The SMILES string of the molecule is Clc1ccc(-n2c(-c3ccncc3)cc3ccncc32)cc1. The summed E-state index contributed by atoms with van der Waals surface area (Å²) in [6, 6.07) is 16.0. The van der Waals surface area contributed by atoms with E-state index in [1.54, 1.807) is 12.4 Å². The molecule has 0 radical (unpaired) electrons. The fourth-order valence-corrected chi connectivity index (χ4v) is 2.78. The van der Waals surface area contributed by atoms with Crippen molar-refractivity contribution in [1.29, 1.82) is 0 Å². The third-order valence-corrected chi connectivity index (χ3v) is 3.92. The van der Waals surface area contributed by atoms with E-state index < -0.39 is 0 Å². The number of hydrogen-bond donors (Lipinski definition) is 0. The number of hydrogen-bond acceptors (Lipinski definition) is 2. The summed E-state index contributed by atoms with van der Waals surface area (Å²) >= 11 is 6.02. The van der Waals surface area contributed by atoms with Crippen LogP contribution in [0.5, 0.6) is 0 Å². The van der Waals surface area contributed by atoms with Crippen LogP contribution in [0.2, 0.25) is 5.02 Å². The first kappa shape index (κ1) is 13.0. The number of halogens is 1. The number of rotatable bonds is 2. The predicted molar refractivity (Wildman–Crippen MR) is 89.3 cm³/mol. The maximum atomic E-state index is 6.02. The summed E-state index contributed by atoms with van der Waals surface area (Å²) in [5.74, 6) is 0. The van der Waals surface area contributed by atoms with Crippen molar-refractivity contribution in [1.82, 2.24) is 14.5 Å². The second kappa shape index (κ2) is 5.28. The van der Waals surface area contributed by atoms with E-state index in [1.165, 1.54) is 0 Å². The van der Waals surface area contributed by atoms with E-state index in [0.717, 1.165) is 32.9 Å². The zero-order valence-corrected chi connectivity index (χ0v) is 12.4. The van der Waals surface area contributed by atoms with Gasteiger partial charge in [0.2, 0.25) is 0 Å². The van der Waals surface area contributed by atoms with Crippen molar-refractivity contribution in [3.05, 3.63) is 78.3 Å². The zero-order chi connectivity index (χ0) is 14.9. The van der Waals surface area contributed by atoms with E-state index in [-0.39, 0.29) is 0 Å². The lowest BCUT2D eigenvalue weighted by Gasteiger charge is -2.11. The third-order valence-electron chi connectivity index (χ3n) is 3.67. The first-order valence-corrected chi connectivity index (χ1v) is 7.32. The molecule has 4 heteroatoms. The van der Waals surface area contributed by atoms with Crippen molar-refractivity contribution in [2.45, 2.75) is 0 Å². The van der Waals surface area contributed by atoms with Gasteiger partial charge in [-0.05, 0) is 48.5 Å². The normalized spacial score (nSPS) is 11.0. The minimum atomic E-state index is 0.726. The summed E-state index contributed by atoms with van der Waals surface area (Å²) in [5, 5.41) is 1.88.